The highest BCUT2D eigenvalue weighted by Gasteiger charge is 2.43. The summed E-state index contributed by atoms with van der Waals surface area (Å²) in [7, 11) is -4.04. The van der Waals surface area contributed by atoms with E-state index in [2.05, 4.69) is 107 Å². The van der Waals surface area contributed by atoms with Crippen molar-refractivity contribution in [2.45, 2.75) is 143 Å². The average Bonchev–Trinajstić information content (AvgIpc) is 3.52. The van der Waals surface area contributed by atoms with E-state index in [1.54, 1.807) is 23.5 Å². The minimum absolute atomic E-state index is 0.0469. The van der Waals surface area contributed by atoms with Gasteiger partial charge in [0.2, 0.25) is 10.0 Å². The van der Waals surface area contributed by atoms with Gasteiger partial charge in [-0.3, -0.25) is 0 Å². The number of benzene rings is 2. The Bertz CT molecular complexity index is 1830. The number of aromatic hydroxyl groups is 1. The lowest BCUT2D eigenvalue weighted by molar-refractivity contribution is 0.0698. The maximum Gasteiger partial charge on any atom is 0.347 e. The molecule has 0 aliphatic carbocycles. The number of thiophene rings is 1. The molecule has 0 unspecified atom stereocenters. The Morgan fingerprint density at radius 2 is 1.25 bits per heavy atom. The molecule has 1 aliphatic heterocycles. The topological polar surface area (TPSA) is 124 Å². The quantitative estimate of drug-likeness (QED) is 0.128. The van der Waals surface area contributed by atoms with Crippen LogP contribution >= 0.6 is 34.9 Å². The van der Waals surface area contributed by atoms with Crippen LogP contribution in [-0.2, 0) is 31.7 Å². The molecule has 1 saturated heterocycles. The molecule has 3 aromatic rings. The molecule has 3 N–H and O–H groups in total. The van der Waals surface area contributed by atoms with Crippen LogP contribution < -0.4 is 4.74 Å². The summed E-state index contributed by atoms with van der Waals surface area (Å²) in [6.45, 7) is 26.5. The Labute approximate surface area is 330 Å². The number of hydrogen-bond acceptors (Lipinski definition) is 9. The highest BCUT2D eigenvalue weighted by molar-refractivity contribution is 8.18. The van der Waals surface area contributed by atoms with Gasteiger partial charge in [0.15, 0.2) is 0 Å². The summed E-state index contributed by atoms with van der Waals surface area (Å²) in [5.74, 6) is -0.0947. The minimum Gasteiger partial charge on any atom is -0.507 e. The molecule has 53 heavy (non-hydrogen) atoms. The van der Waals surface area contributed by atoms with E-state index in [1.165, 1.54) is 15.8 Å². The van der Waals surface area contributed by atoms with Crippen molar-refractivity contribution in [2.24, 2.45) is 0 Å². The van der Waals surface area contributed by atoms with E-state index in [0.29, 0.717) is 31.6 Å². The van der Waals surface area contributed by atoms with Gasteiger partial charge in [-0.2, -0.15) is 4.31 Å². The number of ether oxygens (including phenoxy) is 1. The van der Waals surface area contributed by atoms with E-state index in [1.807, 2.05) is 0 Å². The zero-order chi connectivity index (χ0) is 39.9. The van der Waals surface area contributed by atoms with Crippen LogP contribution in [0.25, 0.3) is 0 Å². The van der Waals surface area contributed by atoms with Crippen molar-refractivity contribution >= 4 is 50.9 Å². The van der Waals surface area contributed by atoms with Gasteiger partial charge in [0.25, 0.3) is 0 Å². The number of nitrogens with zero attached hydrogens (tertiary/aromatic N) is 1. The molecule has 0 saturated carbocycles. The molecule has 1 aliphatic rings. The van der Waals surface area contributed by atoms with Crippen LogP contribution in [0.2, 0.25) is 0 Å². The number of phenols is 1. The number of phenolic OH excluding ortho intramolecular Hbond substituents is 1. The van der Waals surface area contributed by atoms with Crippen LogP contribution in [0.15, 0.2) is 50.4 Å². The molecule has 0 spiro atoms. The fourth-order valence-electron chi connectivity index (χ4n) is 6.50. The summed E-state index contributed by atoms with van der Waals surface area (Å²) in [6.07, 6.45) is 1.52. The summed E-state index contributed by atoms with van der Waals surface area (Å²) in [5.41, 5.74) is 2.70. The standard InChI is InChI=1S/C41H59NO7S4/c1-37(2,3)28-22-26(23-29(33(28)44)38(4,5)6)51-41(15-17-42(18-16-41)53(47,48)32-14-21-50-35(32)36(45)46)52-27-24-30(39(7,8)9)34(49-20-13-19-43)31(25-27)40(10,11)12/h14,21-25,43-44H,13,15-20H2,1-12H3,(H,45,46). The molecule has 0 bridgehead atoms. The van der Waals surface area contributed by atoms with Gasteiger partial charge < -0.3 is 20.1 Å². The Balaban J connectivity index is 1.88. The van der Waals surface area contributed by atoms with Crippen molar-refractivity contribution in [1.82, 2.24) is 4.31 Å². The SMILES string of the molecule is CC(C)(C)c1cc(SC2(Sc3cc(C(C)(C)C)c(OCCCO)c(C(C)(C)C)c3)CCN(S(=O)(=O)c3ccsc3C(=O)O)CC2)cc(C(C)(C)C)c1O. The van der Waals surface area contributed by atoms with E-state index in [-0.39, 0.29) is 51.1 Å². The Morgan fingerprint density at radius 3 is 1.64 bits per heavy atom. The molecule has 0 atom stereocenters. The van der Waals surface area contributed by atoms with Gasteiger partial charge >= 0.3 is 5.97 Å². The first-order valence-corrected chi connectivity index (χ1v) is 22.2. The second-order valence-electron chi connectivity index (χ2n) is 18.1. The Morgan fingerprint density at radius 1 is 0.811 bits per heavy atom. The number of thioether (sulfide) groups is 2. The normalized spacial score (nSPS) is 16.2. The fourth-order valence-corrected chi connectivity index (χ4v) is 12.3. The molecule has 2 heterocycles. The molecular weight excluding hydrogens is 747 g/mol. The third-order valence-corrected chi connectivity index (χ3v) is 15.4. The lowest BCUT2D eigenvalue weighted by atomic mass is 9.79. The van der Waals surface area contributed by atoms with Gasteiger partial charge in [0.05, 0.1) is 10.7 Å². The van der Waals surface area contributed by atoms with E-state index in [9.17, 15) is 28.5 Å². The van der Waals surface area contributed by atoms with Crippen molar-refractivity contribution in [3.8, 4) is 11.5 Å². The fraction of sp³-hybridized carbons (Fsp3) is 0.585. The molecule has 0 radical (unpaired) electrons. The third kappa shape index (κ3) is 9.97. The second-order valence-corrected chi connectivity index (χ2v) is 24.1. The zero-order valence-corrected chi connectivity index (χ0v) is 36.7. The van der Waals surface area contributed by atoms with E-state index < -0.39 is 20.1 Å². The van der Waals surface area contributed by atoms with E-state index >= 15 is 0 Å². The molecular formula is C41H59NO7S4. The highest BCUT2D eigenvalue weighted by Crippen LogP contribution is 2.55. The Hall–Kier alpha value is -2.22. The smallest absolute Gasteiger partial charge is 0.347 e. The number of carboxylic acid groups (broad SMARTS) is 1. The van der Waals surface area contributed by atoms with Crippen LogP contribution in [0.1, 0.15) is 134 Å². The second kappa shape index (κ2) is 15.7. The lowest BCUT2D eigenvalue weighted by Gasteiger charge is -2.41. The van der Waals surface area contributed by atoms with Crippen LogP contribution in [0.5, 0.6) is 11.5 Å². The Kier molecular flexibility index (Phi) is 12.9. The molecule has 0 amide bonds. The number of carbonyl (C=O) groups is 1. The number of sulfonamides is 1. The van der Waals surface area contributed by atoms with Gasteiger partial charge in [0.1, 0.15) is 21.3 Å². The summed E-state index contributed by atoms with van der Waals surface area (Å²) < 4.78 is 35.2. The molecule has 294 valence electrons. The summed E-state index contributed by atoms with van der Waals surface area (Å²) in [4.78, 5) is 13.6. The maximum absolute atomic E-state index is 13.9. The number of carboxylic acids is 1. The maximum atomic E-state index is 13.9. The van der Waals surface area contributed by atoms with Gasteiger partial charge in [0, 0.05) is 58.2 Å². The van der Waals surface area contributed by atoms with Crippen molar-refractivity contribution in [2.75, 3.05) is 26.3 Å². The van der Waals surface area contributed by atoms with Crippen LogP contribution in [-0.4, -0.2) is 64.4 Å². The first kappa shape index (κ1) is 43.5. The van der Waals surface area contributed by atoms with Crippen molar-refractivity contribution in [3.63, 3.8) is 0 Å². The predicted octanol–water partition coefficient (Wildman–Crippen LogP) is 10.2. The van der Waals surface area contributed by atoms with Crippen molar-refractivity contribution in [1.29, 1.82) is 0 Å². The number of aliphatic hydroxyl groups is 1. The number of rotatable bonds is 11. The van der Waals surface area contributed by atoms with Crippen LogP contribution in [0, 0.1) is 0 Å². The van der Waals surface area contributed by atoms with Crippen molar-refractivity contribution in [3.05, 3.63) is 62.8 Å². The molecule has 4 rings (SSSR count). The molecule has 2 aromatic carbocycles. The average molecular weight is 806 g/mol. The summed E-state index contributed by atoms with van der Waals surface area (Å²) in [6, 6.07) is 9.98. The van der Waals surface area contributed by atoms with E-state index in [0.717, 1.165) is 49.1 Å². The zero-order valence-electron chi connectivity index (χ0n) is 33.5. The van der Waals surface area contributed by atoms with Gasteiger partial charge in [-0.05, 0) is 70.2 Å². The molecule has 1 fully saturated rings. The first-order valence-electron chi connectivity index (χ1n) is 18.2. The van der Waals surface area contributed by atoms with Gasteiger partial charge in [-0.25, -0.2) is 13.2 Å². The van der Waals surface area contributed by atoms with Crippen LogP contribution in [0.4, 0.5) is 0 Å². The van der Waals surface area contributed by atoms with Gasteiger partial charge in [-0.1, -0.05) is 83.1 Å². The predicted molar refractivity (Wildman–Crippen MR) is 220 cm³/mol. The highest BCUT2D eigenvalue weighted by atomic mass is 32.2. The van der Waals surface area contributed by atoms with Crippen LogP contribution in [0.3, 0.4) is 0 Å². The monoisotopic (exact) mass is 805 g/mol. The number of aromatic carboxylic acids is 1. The first-order chi connectivity index (χ1) is 24.2. The van der Waals surface area contributed by atoms with Crippen molar-refractivity contribution < 1.29 is 33.3 Å². The number of hydrogen-bond donors (Lipinski definition) is 3. The summed E-state index contributed by atoms with van der Waals surface area (Å²) >= 11 is 4.38. The molecule has 8 nitrogen and oxygen atoms in total. The number of piperidine rings is 1. The molecule has 12 heteroatoms. The lowest BCUT2D eigenvalue weighted by Crippen LogP contribution is -2.43. The minimum atomic E-state index is -4.04. The van der Waals surface area contributed by atoms with Gasteiger partial charge in [-0.15, -0.1) is 34.9 Å². The largest absolute Gasteiger partial charge is 0.507 e. The third-order valence-electron chi connectivity index (χ3n) is 9.46. The number of aliphatic hydroxyl groups excluding tert-OH is 1. The van der Waals surface area contributed by atoms with E-state index in [4.69, 9.17) is 4.74 Å². The summed E-state index contributed by atoms with van der Waals surface area (Å²) in [5, 5.41) is 32.3. The molecule has 1 aromatic heterocycles.